The first-order chi connectivity index (χ1) is 5.71. The van der Waals surface area contributed by atoms with Crippen molar-refractivity contribution in [3.05, 3.63) is 0 Å². The van der Waals surface area contributed by atoms with Crippen LogP contribution in [0, 0.1) is 0 Å². The number of ketones is 1. The Hall–Kier alpha value is -0.980. The van der Waals surface area contributed by atoms with Gasteiger partial charge < -0.3 is 21.7 Å². The van der Waals surface area contributed by atoms with Crippen LogP contribution in [0.4, 0.5) is 0 Å². The summed E-state index contributed by atoms with van der Waals surface area (Å²) in [5.41, 5.74) is 8.18. The maximum atomic E-state index is 11.2. The number of carboxylic acid groups (broad SMARTS) is 1. The zero-order valence-corrected chi connectivity index (χ0v) is 7.52. The number of hydrogen-bond donors (Lipinski definition) is 4. The molecule has 3 atom stereocenters. The lowest BCUT2D eigenvalue weighted by Gasteiger charge is -2.26. The molecule has 0 bridgehead atoms. The van der Waals surface area contributed by atoms with E-state index < -0.39 is 29.4 Å². The molecule has 0 spiro atoms. The van der Waals surface area contributed by atoms with E-state index in [0.29, 0.717) is 0 Å². The molecule has 0 fully saturated rings. The lowest BCUT2D eigenvalue weighted by molar-refractivity contribution is -0.153. The maximum Gasteiger partial charge on any atom is 0.323 e. The fourth-order valence-electron chi connectivity index (χ4n) is 0.855. The second-order valence-electron chi connectivity index (χ2n) is 3.12. The van der Waals surface area contributed by atoms with E-state index in [4.69, 9.17) is 16.6 Å². The smallest absolute Gasteiger partial charge is 0.323 e. The number of rotatable bonds is 4. The molecule has 0 aromatic heterocycles. The largest absolute Gasteiger partial charge is 0.480 e. The second-order valence-corrected chi connectivity index (χ2v) is 3.12. The minimum atomic E-state index is -2.13. The number of carbonyl (C=O) groups is 2. The normalized spacial score (nSPS) is 20.1. The second kappa shape index (κ2) is 3.82. The SMILES string of the molecule is C[C@H](N)C(=O)[C@](C)(O)[C@H](N)C(=O)O. The quantitative estimate of drug-likeness (QED) is 0.408. The summed E-state index contributed by atoms with van der Waals surface area (Å²) in [4.78, 5) is 21.6. The van der Waals surface area contributed by atoms with Crippen molar-refractivity contribution in [2.45, 2.75) is 31.5 Å². The molecule has 0 aromatic rings. The molecule has 0 amide bonds. The van der Waals surface area contributed by atoms with Crippen molar-refractivity contribution in [1.29, 1.82) is 0 Å². The Balaban J connectivity index is 4.75. The molecule has 76 valence electrons. The lowest BCUT2D eigenvalue weighted by Crippen LogP contribution is -2.59. The Labute approximate surface area is 75.5 Å². The van der Waals surface area contributed by atoms with E-state index >= 15 is 0 Å². The van der Waals surface area contributed by atoms with Gasteiger partial charge in [0.15, 0.2) is 5.78 Å². The van der Waals surface area contributed by atoms with Gasteiger partial charge in [-0.05, 0) is 13.8 Å². The first kappa shape index (κ1) is 12.0. The van der Waals surface area contributed by atoms with E-state index in [0.717, 1.165) is 6.92 Å². The van der Waals surface area contributed by atoms with Crippen LogP contribution in [-0.4, -0.2) is 39.7 Å². The van der Waals surface area contributed by atoms with Gasteiger partial charge >= 0.3 is 5.97 Å². The predicted molar refractivity (Wildman–Crippen MR) is 44.9 cm³/mol. The van der Waals surface area contributed by atoms with Gasteiger partial charge in [0.2, 0.25) is 0 Å². The average molecular weight is 190 g/mol. The molecule has 0 aliphatic carbocycles. The number of aliphatic hydroxyl groups is 1. The molecule has 0 heterocycles. The molecule has 6 N–H and O–H groups in total. The van der Waals surface area contributed by atoms with Crippen LogP contribution in [0.25, 0.3) is 0 Å². The van der Waals surface area contributed by atoms with Crippen LogP contribution in [0.1, 0.15) is 13.8 Å². The Morgan fingerprint density at radius 3 is 2.00 bits per heavy atom. The van der Waals surface area contributed by atoms with Crippen molar-refractivity contribution in [2.75, 3.05) is 0 Å². The minimum absolute atomic E-state index is 0.789. The molecule has 0 aliphatic rings. The third kappa shape index (κ3) is 2.48. The Morgan fingerprint density at radius 1 is 1.38 bits per heavy atom. The number of carboxylic acids is 1. The van der Waals surface area contributed by atoms with Gasteiger partial charge in [0.25, 0.3) is 0 Å². The van der Waals surface area contributed by atoms with Crippen LogP contribution >= 0.6 is 0 Å². The van der Waals surface area contributed by atoms with Crippen LogP contribution in [0.3, 0.4) is 0 Å². The van der Waals surface area contributed by atoms with Crippen molar-refractivity contribution >= 4 is 11.8 Å². The van der Waals surface area contributed by atoms with Gasteiger partial charge in [0.1, 0.15) is 11.6 Å². The molecule has 0 rings (SSSR count). The molecule has 0 saturated carbocycles. The van der Waals surface area contributed by atoms with Crippen LogP contribution in [-0.2, 0) is 9.59 Å². The summed E-state index contributed by atoms with van der Waals surface area (Å²) >= 11 is 0. The van der Waals surface area contributed by atoms with E-state index in [1.54, 1.807) is 0 Å². The van der Waals surface area contributed by atoms with E-state index in [1.807, 2.05) is 0 Å². The van der Waals surface area contributed by atoms with Crippen LogP contribution in [0.2, 0.25) is 0 Å². The maximum absolute atomic E-state index is 11.2. The summed E-state index contributed by atoms with van der Waals surface area (Å²) in [5.74, 6) is -2.23. The van der Waals surface area contributed by atoms with E-state index in [2.05, 4.69) is 0 Å². The van der Waals surface area contributed by atoms with Crippen LogP contribution < -0.4 is 11.5 Å². The highest BCUT2D eigenvalue weighted by molar-refractivity contribution is 5.96. The minimum Gasteiger partial charge on any atom is -0.480 e. The molecule has 0 unspecified atom stereocenters. The average Bonchev–Trinajstić information content (AvgIpc) is 2.01. The molecule has 6 nitrogen and oxygen atoms in total. The zero-order valence-electron chi connectivity index (χ0n) is 7.52. The summed E-state index contributed by atoms with van der Waals surface area (Å²) in [6, 6.07) is -2.61. The van der Waals surface area contributed by atoms with Gasteiger partial charge in [0, 0.05) is 0 Å². The van der Waals surface area contributed by atoms with Gasteiger partial charge in [0.05, 0.1) is 6.04 Å². The van der Waals surface area contributed by atoms with Crippen molar-refractivity contribution < 1.29 is 19.8 Å². The fraction of sp³-hybridized carbons (Fsp3) is 0.714. The Kier molecular flexibility index (Phi) is 3.53. The topological polar surface area (TPSA) is 127 Å². The van der Waals surface area contributed by atoms with Gasteiger partial charge in [-0.1, -0.05) is 0 Å². The number of Topliss-reactive ketones (excluding diaryl/α,β-unsaturated/α-hetero) is 1. The van der Waals surface area contributed by atoms with Gasteiger partial charge in [-0.3, -0.25) is 9.59 Å². The van der Waals surface area contributed by atoms with Gasteiger partial charge in [-0.2, -0.15) is 0 Å². The predicted octanol–water partition coefficient (Wildman–Crippen LogP) is -1.93. The zero-order chi connectivity index (χ0) is 10.8. The molecule has 0 aromatic carbocycles. The summed E-state index contributed by atoms with van der Waals surface area (Å²) < 4.78 is 0. The molecule has 6 heteroatoms. The monoisotopic (exact) mass is 190 g/mol. The molecule has 0 aliphatic heterocycles. The first-order valence-corrected chi connectivity index (χ1v) is 3.72. The van der Waals surface area contributed by atoms with E-state index in [1.165, 1.54) is 6.92 Å². The van der Waals surface area contributed by atoms with Crippen LogP contribution in [0.15, 0.2) is 0 Å². The molecule has 0 saturated heterocycles. The summed E-state index contributed by atoms with van der Waals surface area (Å²) in [6.07, 6.45) is 0. The Bertz CT molecular complexity index is 225. The first-order valence-electron chi connectivity index (χ1n) is 3.72. The number of aliphatic carboxylic acids is 1. The number of nitrogens with two attached hydrogens (primary N) is 2. The molecular weight excluding hydrogens is 176 g/mol. The highest BCUT2D eigenvalue weighted by atomic mass is 16.4. The number of carbonyl (C=O) groups excluding carboxylic acids is 1. The third-order valence-electron chi connectivity index (χ3n) is 1.78. The lowest BCUT2D eigenvalue weighted by atomic mass is 9.89. The highest BCUT2D eigenvalue weighted by Crippen LogP contribution is 2.11. The summed E-state index contributed by atoms with van der Waals surface area (Å²) in [7, 11) is 0. The standard InChI is InChI=1S/C7H14N2O4/c1-3(8)5(10)7(2,13)4(9)6(11)12/h3-4,13H,8-9H2,1-2H3,(H,11,12)/t3-,4+,7+/m0/s1. The van der Waals surface area contributed by atoms with Crippen molar-refractivity contribution in [3.63, 3.8) is 0 Å². The van der Waals surface area contributed by atoms with Crippen LogP contribution in [0.5, 0.6) is 0 Å². The molecule has 0 radical (unpaired) electrons. The summed E-state index contributed by atoms with van der Waals surface area (Å²) in [5, 5.41) is 17.9. The Morgan fingerprint density at radius 2 is 1.77 bits per heavy atom. The van der Waals surface area contributed by atoms with Crippen molar-refractivity contribution in [2.24, 2.45) is 11.5 Å². The number of hydrogen-bond acceptors (Lipinski definition) is 5. The molecular formula is C7H14N2O4. The van der Waals surface area contributed by atoms with Crippen molar-refractivity contribution in [3.8, 4) is 0 Å². The third-order valence-corrected chi connectivity index (χ3v) is 1.78. The summed E-state index contributed by atoms with van der Waals surface area (Å²) in [6.45, 7) is 2.39. The molecule has 13 heavy (non-hydrogen) atoms. The van der Waals surface area contributed by atoms with Gasteiger partial charge in [-0.15, -0.1) is 0 Å². The fourth-order valence-corrected chi connectivity index (χ4v) is 0.855. The van der Waals surface area contributed by atoms with E-state index in [9.17, 15) is 14.7 Å². The highest BCUT2D eigenvalue weighted by Gasteiger charge is 2.42. The van der Waals surface area contributed by atoms with Crippen molar-refractivity contribution in [1.82, 2.24) is 0 Å². The van der Waals surface area contributed by atoms with Gasteiger partial charge in [-0.25, -0.2) is 0 Å². The van der Waals surface area contributed by atoms with E-state index in [-0.39, 0.29) is 0 Å².